The fourth-order valence-corrected chi connectivity index (χ4v) is 4.23. The van der Waals surface area contributed by atoms with Crippen LogP contribution in [0.5, 0.6) is 5.75 Å². The van der Waals surface area contributed by atoms with Crippen LogP contribution in [0.1, 0.15) is 18.4 Å². The number of halogens is 2. The Morgan fingerprint density at radius 2 is 1.94 bits per heavy atom. The van der Waals surface area contributed by atoms with Gasteiger partial charge >= 0.3 is 0 Å². The number of likely N-dealkylation sites (N-methyl/N-ethyl adjacent to an activating group) is 2. The van der Waals surface area contributed by atoms with Crippen LogP contribution in [-0.2, 0) is 6.54 Å². The van der Waals surface area contributed by atoms with Gasteiger partial charge in [-0.25, -0.2) is 4.39 Å². The van der Waals surface area contributed by atoms with Crippen molar-refractivity contribution in [2.45, 2.75) is 31.5 Å². The highest BCUT2D eigenvalue weighted by molar-refractivity contribution is 14.0. The van der Waals surface area contributed by atoms with Crippen LogP contribution in [0.25, 0.3) is 0 Å². The van der Waals surface area contributed by atoms with E-state index < -0.39 is 0 Å². The molecule has 9 heteroatoms. The van der Waals surface area contributed by atoms with E-state index in [1.54, 1.807) is 12.1 Å². The van der Waals surface area contributed by atoms with E-state index in [1.807, 2.05) is 13.1 Å². The molecule has 0 spiro atoms. The maximum absolute atomic E-state index is 13.9. The molecule has 31 heavy (non-hydrogen) atoms. The lowest BCUT2D eigenvalue weighted by Crippen LogP contribution is -2.56. The molecule has 0 aliphatic carbocycles. The van der Waals surface area contributed by atoms with Crippen LogP contribution in [0.15, 0.2) is 23.2 Å². The van der Waals surface area contributed by atoms with Gasteiger partial charge in [-0.3, -0.25) is 14.8 Å². The van der Waals surface area contributed by atoms with E-state index in [0.29, 0.717) is 17.8 Å². The molecule has 0 aromatic heterocycles. The number of nitrogens with zero attached hydrogens (tertiary/aromatic N) is 4. The van der Waals surface area contributed by atoms with Crippen molar-refractivity contribution in [3.8, 4) is 5.75 Å². The van der Waals surface area contributed by atoms with Crippen molar-refractivity contribution in [2.24, 2.45) is 4.99 Å². The van der Waals surface area contributed by atoms with Crippen molar-refractivity contribution in [3.63, 3.8) is 0 Å². The van der Waals surface area contributed by atoms with Crippen LogP contribution in [0.2, 0.25) is 0 Å². The summed E-state index contributed by atoms with van der Waals surface area (Å²) in [6.07, 6.45) is 2.09. The van der Waals surface area contributed by atoms with E-state index in [-0.39, 0.29) is 29.8 Å². The van der Waals surface area contributed by atoms with Gasteiger partial charge in [0.25, 0.3) is 0 Å². The molecule has 1 aromatic rings. The first kappa shape index (κ1) is 26.1. The van der Waals surface area contributed by atoms with Gasteiger partial charge in [-0.15, -0.1) is 24.0 Å². The Hall–Kier alpha value is -1.17. The first-order valence-electron chi connectivity index (χ1n) is 10.9. The highest BCUT2D eigenvalue weighted by Gasteiger charge is 2.23. The summed E-state index contributed by atoms with van der Waals surface area (Å²) in [5.74, 6) is 0.884. The van der Waals surface area contributed by atoms with Gasteiger partial charge in [0.1, 0.15) is 0 Å². The van der Waals surface area contributed by atoms with Crippen LogP contribution in [0, 0.1) is 5.82 Å². The Balaban J connectivity index is 0.00000341. The van der Waals surface area contributed by atoms with Gasteiger partial charge in [-0.05, 0) is 44.6 Å². The Labute approximate surface area is 203 Å². The third kappa shape index (κ3) is 7.73. The molecule has 0 radical (unpaired) electrons. The average Bonchev–Trinajstić information content (AvgIpc) is 2.74. The van der Waals surface area contributed by atoms with Crippen molar-refractivity contribution >= 4 is 29.9 Å². The number of methoxy groups -OCH3 is 1. The van der Waals surface area contributed by atoms with Crippen LogP contribution in [0.4, 0.5) is 4.39 Å². The normalized spacial score (nSPS) is 22.1. The van der Waals surface area contributed by atoms with E-state index in [1.165, 1.54) is 7.11 Å². The van der Waals surface area contributed by atoms with Gasteiger partial charge in [0.2, 0.25) is 0 Å². The molecule has 2 heterocycles. The lowest BCUT2D eigenvalue weighted by atomic mass is 10.0. The van der Waals surface area contributed by atoms with Gasteiger partial charge in [0, 0.05) is 64.9 Å². The molecule has 1 atom stereocenters. The monoisotopic (exact) mass is 548 g/mol. The number of piperazine rings is 1. The number of rotatable bonds is 6. The van der Waals surface area contributed by atoms with Crippen LogP contribution in [-0.4, -0.2) is 100 Å². The molecule has 2 aliphatic heterocycles. The average molecular weight is 548 g/mol. The highest BCUT2D eigenvalue weighted by atomic mass is 127. The molecule has 1 aromatic carbocycles. The molecule has 7 nitrogen and oxygen atoms in total. The number of hydrogen-bond donors (Lipinski definition) is 2. The second-order valence-electron chi connectivity index (χ2n) is 8.51. The molecular weight excluding hydrogens is 510 g/mol. The zero-order valence-corrected chi connectivity index (χ0v) is 21.6. The van der Waals surface area contributed by atoms with Crippen molar-refractivity contribution in [2.75, 3.05) is 67.5 Å². The molecule has 3 rings (SSSR count). The molecule has 2 fully saturated rings. The van der Waals surface area contributed by atoms with Gasteiger partial charge in [-0.1, -0.05) is 6.07 Å². The van der Waals surface area contributed by atoms with Gasteiger partial charge < -0.3 is 20.3 Å². The smallest absolute Gasteiger partial charge is 0.191 e. The predicted molar refractivity (Wildman–Crippen MR) is 135 cm³/mol. The molecule has 1 unspecified atom stereocenters. The predicted octanol–water partition coefficient (Wildman–Crippen LogP) is 1.83. The molecule has 0 saturated carbocycles. The summed E-state index contributed by atoms with van der Waals surface area (Å²) >= 11 is 0. The number of aliphatic imine (C=N–C) groups is 1. The Kier molecular flexibility index (Phi) is 10.7. The number of likely N-dealkylation sites (tertiary alicyclic amines) is 1. The number of ether oxygens (including phenoxy) is 1. The lowest BCUT2D eigenvalue weighted by molar-refractivity contribution is 0.116. The minimum atomic E-state index is -0.295. The number of hydrogen-bond acceptors (Lipinski definition) is 5. The number of benzene rings is 1. The quantitative estimate of drug-likeness (QED) is 0.322. The minimum Gasteiger partial charge on any atom is -0.494 e. The van der Waals surface area contributed by atoms with Crippen LogP contribution < -0.4 is 15.4 Å². The summed E-state index contributed by atoms with van der Waals surface area (Å²) in [5, 5.41) is 7.09. The molecule has 0 amide bonds. The maximum atomic E-state index is 13.9. The second kappa shape index (κ2) is 12.8. The second-order valence-corrected chi connectivity index (χ2v) is 8.51. The highest BCUT2D eigenvalue weighted by Crippen LogP contribution is 2.20. The molecule has 0 bridgehead atoms. The Morgan fingerprint density at radius 3 is 2.58 bits per heavy atom. The summed E-state index contributed by atoms with van der Waals surface area (Å²) in [4.78, 5) is 11.6. The first-order chi connectivity index (χ1) is 14.5. The SMILES string of the molecule is CN=C(NCC1CN(C)CCN1C)NC1CCN(Cc2ccc(OC)c(F)c2)CC1.I. The molecule has 176 valence electrons. The van der Waals surface area contributed by atoms with Gasteiger partial charge in [0.15, 0.2) is 17.5 Å². The fourth-order valence-electron chi connectivity index (χ4n) is 4.23. The Morgan fingerprint density at radius 1 is 1.19 bits per heavy atom. The minimum absolute atomic E-state index is 0. The summed E-state index contributed by atoms with van der Waals surface area (Å²) in [6.45, 7) is 6.93. The summed E-state index contributed by atoms with van der Waals surface area (Å²) in [6, 6.07) is 6.13. The number of piperidine rings is 1. The zero-order chi connectivity index (χ0) is 21.5. The van der Waals surface area contributed by atoms with Crippen molar-refractivity contribution in [1.29, 1.82) is 0 Å². The number of guanidine groups is 1. The van der Waals surface area contributed by atoms with E-state index in [4.69, 9.17) is 4.74 Å². The molecule has 2 N–H and O–H groups in total. The Bertz CT molecular complexity index is 713. The van der Waals surface area contributed by atoms with Crippen molar-refractivity contribution in [3.05, 3.63) is 29.6 Å². The van der Waals surface area contributed by atoms with E-state index >= 15 is 0 Å². The first-order valence-corrected chi connectivity index (χ1v) is 10.9. The molecular formula is C22H38FIN6O. The molecule has 2 saturated heterocycles. The summed E-state index contributed by atoms with van der Waals surface area (Å²) in [7, 11) is 7.70. The van der Waals surface area contributed by atoms with Crippen molar-refractivity contribution in [1.82, 2.24) is 25.3 Å². The van der Waals surface area contributed by atoms with E-state index in [2.05, 4.69) is 44.4 Å². The van der Waals surface area contributed by atoms with Crippen molar-refractivity contribution < 1.29 is 9.13 Å². The van der Waals surface area contributed by atoms with Crippen LogP contribution >= 0.6 is 24.0 Å². The van der Waals surface area contributed by atoms with E-state index in [0.717, 1.165) is 70.2 Å². The van der Waals surface area contributed by atoms with E-state index in [9.17, 15) is 4.39 Å². The topological polar surface area (TPSA) is 55.4 Å². The summed E-state index contributed by atoms with van der Waals surface area (Å²) < 4.78 is 18.9. The number of nitrogens with one attached hydrogen (secondary N) is 2. The lowest BCUT2D eigenvalue weighted by Gasteiger charge is -2.38. The standard InChI is InChI=1S/C22H37FN6O.HI/c1-24-22(25-14-19-16-27(2)11-12-28(19)3)26-18-7-9-29(10-8-18)15-17-5-6-21(30-4)20(23)13-17;/h5-6,13,18-19H,7-12,14-16H2,1-4H3,(H2,24,25,26);1H. The third-order valence-corrected chi connectivity index (χ3v) is 6.26. The summed E-state index contributed by atoms with van der Waals surface area (Å²) in [5.41, 5.74) is 0.985. The maximum Gasteiger partial charge on any atom is 0.191 e. The van der Waals surface area contributed by atoms with Crippen LogP contribution in [0.3, 0.4) is 0 Å². The zero-order valence-electron chi connectivity index (χ0n) is 19.2. The van der Waals surface area contributed by atoms with Gasteiger partial charge in [-0.2, -0.15) is 0 Å². The largest absolute Gasteiger partial charge is 0.494 e. The molecule has 2 aliphatic rings. The fraction of sp³-hybridized carbons (Fsp3) is 0.682. The van der Waals surface area contributed by atoms with Gasteiger partial charge in [0.05, 0.1) is 7.11 Å². The third-order valence-electron chi connectivity index (χ3n) is 6.26.